The molecule has 1 aromatic carbocycles. The lowest BCUT2D eigenvalue weighted by Gasteiger charge is -2.20. The fraction of sp³-hybridized carbons (Fsp3) is 0.333. The van der Waals surface area contributed by atoms with E-state index in [4.69, 9.17) is 0 Å². The summed E-state index contributed by atoms with van der Waals surface area (Å²) in [7, 11) is 0. The highest BCUT2D eigenvalue weighted by molar-refractivity contribution is 9.10. The normalized spacial score (nSPS) is 16.1. The maximum atomic E-state index is 11.9. The van der Waals surface area contributed by atoms with Crippen molar-refractivity contribution in [3.63, 3.8) is 0 Å². The number of benzene rings is 1. The van der Waals surface area contributed by atoms with E-state index in [2.05, 4.69) is 31.9 Å². The number of fused-ring (bicyclic) bond motifs is 1. The van der Waals surface area contributed by atoms with E-state index < -0.39 is 17.8 Å². The number of rotatable bonds is 3. The number of aryl methyl sites for hydroxylation is 1. The summed E-state index contributed by atoms with van der Waals surface area (Å²) in [5.41, 5.74) is 1.84. The standard InChI is InChI=1S/C12H11Br2NO3/c1-6-2-7(14)3-9-10(6)15(5-8(16)4-13)12(18)11(9)17/h2-3,8,16H,4-5H2,1H3. The van der Waals surface area contributed by atoms with Crippen LogP contribution in [0.2, 0.25) is 0 Å². The van der Waals surface area contributed by atoms with E-state index in [0.29, 0.717) is 16.6 Å². The molecule has 1 unspecified atom stereocenters. The molecule has 2 rings (SSSR count). The Morgan fingerprint density at radius 3 is 2.67 bits per heavy atom. The van der Waals surface area contributed by atoms with Crippen molar-refractivity contribution in [2.75, 3.05) is 16.8 Å². The Morgan fingerprint density at radius 1 is 1.39 bits per heavy atom. The van der Waals surface area contributed by atoms with Crippen molar-refractivity contribution in [2.45, 2.75) is 13.0 Å². The average Bonchev–Trinajstić information content (AvgIpc) is 2.54. The highest BCUT2D eigenvalue weighted by Crippen LogP contribution is 2.35. The van der Waals surface area contributed by atoms with Gasteiger partial charge in [0.15, 0.2) is 0 Å². The zero-order chi connectivity index (χ0) is 13.4. The number of carbonyl (C=O) groups excluding carboxylic acids is 2. The second-order valence-electron chi connectivity index (χ2n) is 4.17. The smallest absolute Gasteiger partial charge is 0.299 e. The molecule has 1 atom stereocenters. The highest BCUT2D eigenvalue weighted by Gasteiger charge is 2.37. The highest BCUT2D eigenvalue weighted by atomic mass is 79.9. The van der Waals surface area contributed by atoms with Crippen molar-refractivity contribution in [2.24, 2.45) is 0 Å². The SMILES string of the molecule is Cc1cc(Br)cc2c1N(CC(O)CBr)C(=O)C2=O. The number of halogens is 2. The zero-order valence-electron chi connectivity index (χ0n) is 9.61. The average molecular weight is 377 g/mol. The number of aliphatic hydroxyl groups is 1. The molecule has 1 aliphatic heterocycles. The van der Waals surface area contributed by atoms with Gasteiger partial charge in [0.2, 0.25) is 0 Å². The van der Waals surface area contributed by atoms with Crippen molar-refractivity contribution in [1.29, 1.82) is 0 Å². The predicted octanol–water partition coefficient (Wildman–Crippen LogP) is 2.04. The molecule has 0 saturated carbocycles. The fourth-order valence-corrected chi connectivity index (χ4v) is 2.82. The van der Waals surface area contributed by atoms with E-state index in [1.807, 2.05) is 13.0 Å². The monoisotopic (exact) mass is 375 g/mol. The Labute approximate surface area is 121 Å². The van der Waals surface area contributed by atoms with Gasteiger partial charge in [-0.05, 0) is 24.6 Å². The van der Waals surface area contributed by atoms with Crippen LogP contribution in [-0.4, -0.2) is 34.8 Å². The summed E-state index contributed by atoms with van der Waals surface area (Å²) in [5, 5.41) is 9.99. The van der Waals surface area contributed by atoms with Gasteiger partial charge in [0.1, 0.15) is 0 Å². The number of amides is 1. The molecule has 0 aliphatic carbocycles. The van der Waals surface area contributed by atoms with Crippen LogP contribution in [0.15, 0.2) is 16.6 Å². The predicted molar refractivity (Wildman–Crippen MR) is 75.4 cm³/mol. The largest absolute Gasteiger partial charge is 0.390 e. The van der Waals surface area contributed by atoms with Crippen molar-refractivity contribution in [3.05, 3.63) is 27.7 Å². The first-order valence-corrected chi connectivity index (χ1v) is 7.27. The first-order valence-electron chi connectivity index (χ1n) is 5.36. The zero-order valence-corrected chi connectivity index (χ0v) is 12.8. The molecule has 4 nitrogen and oxygen atoms in total. The third-order valence-electron chi connectivity index (χ3n) is 2.79. The summed E-state index contributed by atoms with van der Waals surface area (Å²) in [6.45, 7) is 1.95. The van der Waals surface area contributed by atoms with Crippen LogP contribution in [0.4, 0.5) is 5.69 Å². The van der Waals surface area contributed by atoms with E-state index in [-0.39, 0.29) is 6.54 Å². The van der Waals surface area contributed by atoms with Gasteiger partial charge in [-0.25, -0.2) is 0 Å². The van der Waals surface area contributed by atoms with Gasteiger partial charge in [-0.1, -0.05) is 31.9 Å². The summed E-state index contributed by atoms with van der Waals surface area (Å²) in [6.07, 6.45) is -0.698. The van der Waals surface area contributed by atoms with Crippen LogP contribution in [0, 0.1) is 6.92 Å². The van der Waals surface area contributed by atoms with Gasteiger partial charge in [-0.15, -0.1) is 0 Å². The molecule has 1 aromatic rings. The molecule has 18 heavy (non-hydrogen) atoms. The van der Waals surface area contributed by atoms with Crippen molar-refractivity contribution >= 4 is 49.2 Å². The molecule has 1 aliphatic rings. The number of hydrogen-bond acceptors (Lipinski definition) is 3. The molecule has 0 fully saturated rings. The summed E-state index contributed by atoms with van der Waals surface area (Å²) < 4.78 is 0.766. The Kier molecular flexibility index (Phi) is 3.89. The van der Waals surface area contributed by atoms with E-state index in [9.17, 15) is 14.7 Å². The number of ketones is 1. The van der Waals surface area contributed by atoms with Crippen LogP contribution < -0.4 is 4.90 Å². The maximum Gasteiger partial charge on any atom is 0.299 e. The van der Waals surface area contributed by atoms with E-state index in [1.54, 1.807) is 6.07 Å². The topological polar surface area (TPSA) is 57.6 Å². The van der Waals surface area contributed by atoms with Gasteiger partial charge in [-0.2, -0.15) is 0 Å². The van der Waals surface area contributed by atoms with Gasteiger partial charge in [0.25, 0.3) is 11.7 Å². The molecule has 6 heteroatoms. The molecule has 0 bridgehead atoms. The van der Waals surface area contributed by atoms with Crippen LogP contribution in [-0.2, 0) is 4.79 Å². The number of carbonyl (C=O) groups is 2. The minimum absolute atomic E-state index is 0.116. The number of nitrogens with zero attached hydrogens (tertiary/aromatic N) is 1. The number of aliphatic hydroxyl groups excluding tert-OH is 1. The molecule has 1 N–H and O–H groups in total. The first kappa shape index (κ1) is 13.7. The van der Waals surface area contributed by atoms with Crippen LogP contribution >= 0.6 is 31.9 Å². The van der Waals surface area contributed by atoms with Gasteiger partial charge in [0.05, 0.1) is 23.9 Å². The Balaban J connectivity index is 2.48. The Hall–Kier alpha value is -0.720. The first-order chi connectivity index (χ1) is 8.45. The molecular weight excluding hydrogens is 366 g/mol. The minimum atomic E-state index is -0.698. The van der Waals surface area contributed by atoms with Crippen LogP contribution in [0.5, 0.6) is 0 Å². The summed E-state index contributed by atoms with van der Waals surface area (Å²) in [6, 6.07) is 3.49. The fourth-order valence-electron chi connectivity index (χ4n) is 2.04. The van der Waals surface area contributed by atoms with Gasteiger partial charge >= 0.3 is 0 Å². The molecule has 0 radical (unpaired) electrons. The Bertz CT molecular complexity index is 530. The molecule has 1 amide bonds. The van der Waals surface area contributed by atoms with Crippen LogP contribution in [0.1, 0.15) is 15.9 Å². The lowest BCUT2D eigenvalue weighted by molar-refractivity contribution is -0.114. The number of alkyl halides is 1. The number of β-amino-alcohol motifs (C(OH)–C–C–N with tert-alkyl or cyclic N) is 1. The van der Waals surface area contributed by atoms with Crippen molar-refractivity contribution in [3.8, 4) is 0 Å². The van der Waals surface area contributed by atoms with Crippen molar-refractivity contribution < 1.29 is 14.7 Å². The Morgan fingerprint density at radius 2 is 2.06 bits per heavy atom. The van der Waals surface area contributed by atoms with Crippen LogP contribution in [0.25, 0.3) is 0 Å². The number of Topliss-reactive ketones (excluding diaryl/α,β-unsaturated/α-hetero) is 1. The summed E-state index contributed by atoms with van der Waals surface area (Å²) in [4.78, 5) is 25.1. The van der Waals surface area contributed by atoms with E-state index in [0.717, 1.165) is 10.0 Å². The van der Waals surface area contributed by atoms with Gasteiger partial charge in [0, 0.05) is 9.80 Å². The lowest BCUT2D eigenvalue weighted by atomic mass is 10.1. The summed E-state index contributed by atoms with van der Waals surface area (Å²) >= 11 is 6.46. The number of hydrogen-bond donors (Lipinski definition) is 1. The minimum Gasteiger partial charge on any atom is -0.390 e. The molecular formula is C12H11Br2NO3. The maximum absolute atomic E-state index is 11.9. The molecule has 0 aromatic heterocycles. The van der Waals surface area contributed by atoms with Crippen LogP contribution in [0.3, 0.4) is 0 Å². The molecule has 0 saturated heterocycles. The lowest BCUT2D eigenvalue weighted by Crippen LogP contribution is -2.37. The second-order valence-corrected chi connectivity index (χ2v) is 5.74. The second kappa shape index (κ2) is 5.11. The molecule has 1 heterocycles. The van der Waals surface area contributed by atoms with Gasteiger partial charge < -0.3 is 10.0 Å². The quantitative estimate of drug-likeness (QED) is 0.648. The van der Waals surface area contributed by atoms with E-state index in [1.165, 1.54) is 4.90 Å². The molecule has 96 valence electrons. The van der Waals surface area contributed by atoms with Crippen molar-refractivity contribution in [1.82, 2.24) is 0 Å². The van der Waals surface area contributed by atoms with Gasteiger partial charge in [-0.3, -0.25) is 9.59 Å². The summed E-state index contributed by atoms with van der Waals surface area (Å²) in [5.74, 6) is -1.10. The third-order valence-corrected chi connectivity index (χ3v) is 4.00. The molecule has 0 spiro atoms. The van der Waals surface area contributed by atoms with E-state index >= 15 is 0 Å². The third kappa shape index (κ3) is 2.24. The number of anilines is 1.